The van der Waals surface area contributed by atoms with Crippen molar-refractivity contribution in [3.63, 3.8) is 0 Å². The molecule has 1 aromatic carbocycles. The zero-order chi connectivity index (χ0) is 13.4. The van der Waals surface area contributed by atoms with Crippen LogP contribution in [0.15, 0.2) is 28.7 Å². The predicted molar refractivity (Wildman–Crippen MR) is 79.6 cm³/mol. The summed E-state index contributed by atoms with van der Waals surface area (Å²) < 4.78 is 1.11. The molecule has 1 atom stereocenters. The van der Waals surface area contributed by atoms with Crippen molar-refractivity contribution in [1.29, 1.82) is 0 Å². The van der Waals surface area contributed by atoms with Crippen LogP contribution in [0.5, 0.6) is 0 Å². The van der Waals surface area contributed by atoms with Crippen molar-refractivity contribution in [2.24, 2.45) is 0 Å². The lowest BCUT2D eigenvalue weighted by Crippen LogP contribution is -2.38. The SMILES string of the molecule is CCN(CC)CC(O)CNCc1ccccc1Br. The molecule has 0 saturated heterocycles. The Bertz CT molecular complexity index is 342. The highest BCUT2D eigenvalue weighted by Gasteiger charge is 2.08. The quantitative estimate of drug-likeness (QED) is 0.772. The van der Waals surface area contributed by atoms with Crippen LogP contribution in [0, 0.1) is 0 Å². The molecule has 2 N–H and O–H groups in total. The van der Waals surface area contributed by atoms with Gasteiger partial charge in [-0.05, 0) is 24.7 Å². The molecule has 1 unspecified atom stereocenters. The summed E-state index contributed by atoms with van der Waals surface area (Å²) in [4.78, 5) is 2.23. The van der Waals surface area contributed by atoms with Gasteiger partial charge in [0.05, 0.1) is 6.10 Å². The third-order valence-electron chi connectivity index (χ3n) is 3.02. The first-order chi connectivity index (χ1) is 8.67. The highest BCUT2D eigenvalue weighted by molar-refractivity contribution is 9.10. The first-order valence-electron chi connectivity index (χ1n) is 6.51. The molecular weight excluding hydrogens is 292 g/mol. The van der Waals surface area contributed by atoms with E-state index >= 15 is 0 Å². The number of nitrogens with zero attached hydrogens (tertiary/aromatic N) is 1. The molecule has 4 heteroatoms. The molecule has 0 aliphatic rings. The molecule has 0 fully saturated rings. The van der Waals surface area contributed by atoms with Crippen LogP contribution in [0.4, 0.5) is 0 Å². The van der Waals surface area contributed by atoms with E-state index in [1.54, 1.807) is 0 Å². The van der Waals surface area contributed by atoms with Crippen LogP contribution in [0.1, 0.15) is 19.4 Å². The van der Waals surface area contributed by atoms with E-state index in [0.717, 1.165) is 30.7 Å². The maximum absolute atomic E-state index is 9.91. The van der Waals surface area contributed by atoms with Crippen molar-refractivity contribution in [3.05, 3.63) is 34.3 Å². The van der Waals surface area contributed by atoms with Crippen LogP contribution in [-0.2, 0) is 6.54 Å². The Morgan fingerprint density at radius 3 is 2.56 bits per heavy atom. The van der Waals surface area contributed by atoms with E-state index in [2.05, 4.69) is 46.1 Å². The summed E-state index contributed by atoms with van der Waals surface area (Å²) in [6, 6.07) is 8.13. The monoisotopic (exact) mass is 314 g/mol. The third-order valence-corrected chi connectivity index (χ3v) is 3.79. The lowest BCUT2D eigenvalue weighted by molar-refractivity contribution is 0.116. The van der Waals surface area contributed by atoms with Crippen LogP contribution < -0.4 is 5.32 Å². The van der Waals surface area contributed by atoms with Crippen LogP contribution in [0.25, 0.3) is 0 Å². The second-order valence-corrected chi connectivity index (χ2v) is 5.22. The molecule has 3 nitrogen and oxygen atoms in total. The number of aliphatic hydroxyl groups is 1. The smallest absolute Gasteiger partial charge is 0.0791 e. The first kappa shape index (κ1) is 15.6. The van der Waals surface area contributed by atoms with E-state index in [1.165, 1.54) is 5.56 Å². The molecule has 0 amide bonds. The minimum absolute atomic E-state index is 0.313. The highest BCUT2D eigenvalue weighted by Crippen LogP contribution is 2.15. The van der Waals surface area contributed by atoms with Crippen LogP contribution in [0.3, 0.4) is 0 Å². The van der Waals surface area contributed by atoms with E-state index in [1.807, 2.05) is 18.2 Å². The van der Waals surface area contributed by atoms with Gasteiger partial charge < -0.3 is 15.3 Å². The normalized spacial score (nSPS) is 12.9. The number of rotatable bonds is 8. The number of likely N-dealkylation sites (N-methyl/N-ethyl adjacent to an activating group) is 1. The summed E-state index contributed by atoms with van der Waals surface area (Å²) in [5.41, 5.74) is 1.22. The molecule has 102 valence electrons. The molecule has 1 aromatic rings. The maximum Gasteiger partial charge on any atom is 0.0791 e. The number of halogens is 1. The topological polar surface area (TPSA) is 35.5 Å². The largest absolute Gasteiger partial charge is 0.390 e. The molecule has 0 bridgehead atoms. The lowest BCUT2D eigenvalue weighted by atomic mass is 10.2. The van der Waals surface area contributed by atoms with Crippen molar-refractivity contribution >= 4 is 15.9 Å². The number of hydrogen-bond donors (Lipinski definition) is 2. The van der Waals surface area contributed by atoms with Gasteiger partial charge in [-0.3, -0.25) is 0 Å². The Morgan fingerprint density at radius 1 is 1.28 bits per heavy atom. The van der Waals surface area contributed by atoms with Gasteiger partial charge in [0.1, 0.15) is 0 Å². The molecule has 0 aliphatic carbocycles. The zero-order valence-corrected chi connectivity index (χ0v) is 12.8. The standard InChI is InChI=1S/C14H23BrN2O/c1-3-17(4-2)11-13(18)10-16-9-12-7-5-6-8-14(12)15/h5-8,13,16,18H,3-4,9-11H2,1-2H3. The molecule has 1 rings (SSSR count). The summed E-state index contributed by atoms with van der Waals surface area (Å²) in [6.45, 7) is 8.33. The van der Waals surface area contributed by atoms with Gasteiger partial charge >= 0.3 is 0 Å². The fourth-order valence-electron chi connectivity index (χ4n) is 1.86. The van der Waals surface area contributed by atoms with Gasteiger partial charge in [0.15, 0.2) is 0 Å². The van der Waals surface area contributed by atoms with Gasteiger partial charge in [-0.25, -0.2) is 0 Å². The Labute approximate surface area is 118 Å². The first-order valence-corrected chi connectivity index (χ1v) is 7.31. The average Bonchev–Trinajstić information content (AvgIpc) is 2.38. The predicted octanol–water partition coefficient (Wildman–Crippen LogP) is 2.24. The van der Waals surface area contributed by atoms with Gasteiger partial charge in [0.25, 0.3) is 0 Å². The second kappa shape index (κ2) is 8.64. The van der Waals surface area contributed by atoms with Gasteiger partial charge in [-0.15, -0.1) is 0 Å². The molecular formula is C14H23BrN2O. The van der Waals surface area contributed by atoms with Gasteiger partial charge in [-0.2, -0.15) is 0 Å². The Hall–Kier alpha value is -0.420. The van der Waals surface area contributed by atoms with Crippen molar-refractivity contribution in [1.82, 2.24) is 10.2 Å². The fourth-order valence-corrected chi connectivity index (χ4v) is 2.28. The zero-order valence-electron chi connectivity index (χ0n) is 11.2. The summed E-state index contributed by atoms with van der Waals surface area (Å²) in [6.07, 6.45) is -0.313. The number of hydrogen-bond acceptors (Lipinski definition) is 3. The molecule has 18 heavy (non-hydrogen) atoms. The molecule has 0 heterocycles. The summed E-state index contributed by atoms with van der Waals surface area (Å²) >= 11 is 3.52. The number of aliphatic hydroxyl groups excluding tert-OH is 1. The van der Waals surface area contributed by atoms with Crippen LogP contribution in [-0.4, -0.2) is 42.3 Å². The highest BCUT2D eigenvalue weighted by atomic mass is 79.9. The van der Waals surface area contributed by atoms with Gasteiger partial charge in [0.2, 0.25) is 0 Å². The number of nitrogens with one attached hydrogen (secondary N) is 1. The number of benzene rings is 1. The minimum atomic E-state index is -0.313. The molecule has 0 spiro atoms. The lowest BCUT2D eigenvalue weighted by Gasteiger charge is -2.22. The third kappa shape index (κ3) is 5.48. The summed E-state index contributed by atoms with van der Waals surface area (Å²) in [7, 11) is 0. The van der Waals surface area contributed by atoms with Crippen molar-refractivity contribution in [2.45, 2.75) is 26.5 Å². The van der Waals surface area contributed by atoms with E-state index in [0.29, 0.717) is 6.54 Å². The molecule has 0 aromatic heterocycles. The maximum atomic E-state index is 9.91. The van der Waals surface area contributed by atoms with Crippen LogP contribution >= 0.6 is 15.9 Å². The fraction of sp³-hybridized carbons (Fsp3) is 0.571. The van der Waals surface area contributed by atoms with Gasteiger partial charge in [0, 0.05) is 24.1 Å². The van der Waals surface area contributed by atoms with E-state index < -0.39 is 0 Å². The van der Waals surface area contributed by atoms with Gasteiger partial charge in [-0.1, -0.05) is 48.0 Å². The second-order valence-electron chi connectivity index (χ2n) is 4.36. The van der Waals surface area contributed by atoms with E-state index in [4.69, 9.17) is 0 Å². The molecule has 0 radical (unpaired) electrons. The Morgan fingerprint density at radius 2 is 1.94 bits per heavy atom. The van der Waals surface area contributed by atoms with E-state index in [9.17, 15) is 5.11 Å². The summed E-state index contributed by atoms with van der Waals surface area (Å²) in [5.74, 6) is 0. The van der Waals surface area contributed by atoms with Crippen molar-refractivity contribution < 1.29 is 5.11 Å². The molecule has 0 aliphatic heterocycles. The van der Waals surface area contributed by atoms with Crippen molar-refractivity contribution in [2.75, 3.05) is 26.2 Å². The van der Waals surface area contributed by atoms with Crippen LogP contribution in [0.2, 0.25) is 0 Å². The molecule has 0 saturated carbocycles. The minimum Gasteiger partial charge on any atom is -0.390 e. The Balaban J connectivity index is 2.27. The average molecular weight is 315 g/mol. The van der Waals surface area contributed by atoms with Crippen molar-refractivity contribution in [3.8, 4) is 0 Å². The summed E-state index contributed by atoms with van der Waals surface area (Å²) in [5, 5.41) is 13.2. The Kier molecular flexibility index (Phi) is 7.51. The van der Waals surface area contributed by atoms with E-state index in [-0.39, 0.29) is 6.10 Å².